The van der Waals surface area contributed by atoms with Crippen molar-refractivity contribution < 1.29 is 0 Å². The summed E-state index contributed by atoms with van der Waals surface area (Å²) in [7, 11) is 2.12. The summed E-state index contributed by atoms with van der Waals surface area (Å²) in [6, 6.07) is 26.2. The maximum Gasteiger partial charge on any atom is 0.116 e. The van der Waals surface area contributed by atoms with Gasteiger partial charge in [-0.15, -0.1) is 0 Å². The summed E-state index contributed by atoms with van der Waals surface area (Å²) in [5.74, 6) is 0. The summed E-state index contributed by atoms with van der Waals surface area (Å²) in [6.45, 7) is 6.82. The van der Waals surface area contributed by atoms with E-state index in [9.17, 15) is 0 Å². The largest absolute Gasteiger partial charge is 0.340 e. The number of nitrogens with zero attached hydrogens (tertiary/aromatic N) is 3. The highest BCUT2D eigenvalue weighted by Gasteiger charge is 2.21. The molecular formula is C29H25N3. The molecule has 0 aliphatic rings. The molecule has 3 nitrogen and oxygen atoms in total. The molecule has 32 heavy (non-hydrogen) atoms. The number of aryl methyl sites for hydroxylation is 1. The Morgan fingerprint density at radius 2 is 1.47 bits per heavy atom. The molecule has 0 fully saturated rings. The lowest BCUT2D eigenvalue weighted by atomic mass is 9.82. The van der Waals surface area contributed by atoms with E-state index in [0.29, 0.717) is 0 Å². The average molecular weight is 416 g/mol. The SMILES string of the molecule is Cn1c2ccc3ccccc3c2c2ncnc(-c3cc(C(C)(C)C)c4ccccc4c3)c21. The Morgan fingerprint density at radius 1 is 0.750 bits per heavy atom. The molecule has 3 heteroatoms. The van der Waals surface area contributed by atoms with Gasteiger partial charge in [-0.3, -0.25) is 0 Å². The summed E-state index contributed by atoms with van der Waals surface area (Å²) in [4.78, 5) is 9.58. The predicted octanol–water partition coefficient (Wildman–Crippen LogP) is 7.39. The molecule has 6 aromatic rings. The Labute approximate surface area is 187 Å². The molecule has 0 N–H and O–H groups in total. The lowest BCUT2D eigenvalue weighted by Gasteiger charge is -2.23. The molecule has 0 amide bonds. The first kappa shape index (κ1) is 19.0. The molecule has 4 aromatic carbocycles. The zero-order valence-electron chi connectivity index (χ0n) is 18.8. The fourth-order valence-corrected chi connectivity index (χ4v) is 5.07. The zero-order valence-corrected chi connectivity index (χ0v) is 18.8. The Bertz CT molecular complexity index is 1670. The lowest BCUT2D eigenvalue weighted by Crippen LogP contribution is -2.12. The summed E-state index contributed by atoms with van der Waals surface area (Å²) >= 11 is 0. The van der Waals surface area contributed by atoms with Gasteiger partial charge in [-0.05, 0) is 50.7 Å². The summed E-state index contributed by atoms with van der Waals surface area (Å²) in [5, 5.41) is 6.20. The highest BCUT2D eigenvalue weighted by atomic mass is 15.0. The van der Waals surface area contributed by atoms with E-state index in [1.807, 2.05) is 0 Å². The smallest absolute Gasteiger partial charge is 0.116 e. The third kappa shape index (κ3) is 2.67. The maximum atomic E-state index is 4.81. The van der Waals surface area contributed by atoms with E-state index in [0.717, 1.165) is 22.3 Å². The zero-order chi connectivity index (χ0) is 22.0. The number of hydrogen-bond acceptors (Lipinski definition) is 2. The highest BCUT2D eigenvalue weighted by Crippen LogP contribution is 2.39. The van der Waals surface area contributed by atoms with Gasteiger partial charge in [-0.2, -0.15) is 0 Å². The number of hydrogen-bond donors (Lipinski definition) is 0. The van der Waals surface area contributed by atoms with Crippen molar-refractivity contribution in [3.8, 4) is 11.3 Å². The van der Waals surface area contributed by atoms with Crippen LogP contribution in [-0.4, -0.2) is 14.5 Å². The van der Waals surface area contributed by atoms with Crippen molar-refractivity contribution in [2.24, 2.45) is 7.05 Å². The van der Waals surface area contributed by atoms with Crippen LogP contribution < -0.4 is 0 Å². The molecule has 0 bridgehead atoms. The van der Waals surface area contributed by atoms with E-state index in [-0.39, 0.29) is 5.41 Å². The van der Waals surface area contributed by atoms with Gasteiger partial charge < -0.3 is 4.57 Å². The summed E-state index contributed by atoms with van der Waals surface area (Å²) in [5.41, 5.74) is 6.74. The number of aromatic nitrogens is 3. The van der Waals surface area contributed by atoms with E-state index in [1.54, 1.807) is 6.33 Å². The van der Waals surface area contributed by atoms with Crippen LogP contribution in [-0.2, 0) is 12.5 Å². The molecule has 2 aromatic heterocycles. The van der Waals surface area contributed by atoms with Gasteiger partial charge in [0.1, 0.15) is 11.8 Å². The van der Waals surface area contributed by atoms with E-state index < -0.39 is 0 Å². The third-order valence-corrected chi connectivity index (χ3v) is 6.61. The van der Waals surface area contributed by atoms with E-state index in [2.05, 4.69) is 105 Å². The fourth-order valence-electron chi connectivity index (χ4n) is 5.07. The molecule has 0 radical (unpaired) electrons. The molecule has 0 saturated carbocycles. The molecule has 6 rings (SSSR count). The summed E-state index contributed by atoms with van der Waals surface area (Å²) < 4.78 is 2.25. The van der Waals surface area contributed by atoms with Crippen LogP contribution in [0.25, 0.3) is 54.7 Å². The van der Waals surface area contributed by atoms with Crippen molar-refractivity contribution in [2.45, 2.75) is 26.2 Å². The van der Waals surface area contributed by atoms with Crippen molar-refractivity contribution in [3.63, 3.8) is 0 Å². The molecule has 0 unspecified atom stereocenters. The maximum absolute atomic E-state index is 4.81. The van der Waals surface area contributed by atoms with Gasteiger partial charge in [0.05, 0.1) is 16.7 Å². The topological polar surface area (TPSA) is 30.7 Å². The standard InChI is InChI=1S/C29H25N3/c1-29(2,3)23-16-20(15-19-10-6-7-11-21(19)23)26-28-27(31-17-30-26)25-22-12-8-5-9-18(22)13-14-24(25)32(28)4/h5-17H,1-4H3. The molecule has 156 valence electrons. The average Bonchev–Trinajstić information content (AvgIpc) is 3.10. The van der Waals surface area contributed by atoms with Gasteiger partial charge in [0.15, 0.2) is 0 Å². The van der Waals surface area contributed by atoms with Crippen LogP contribution >= 0.6 is 0 Å². The molecule has 0 aliphatic carbocycles. The Kier molecular flexibility index (Phi) is 3.94. The van der Waals surface area contributed by atoms with Gasteiger partial charge in [0.25, 0.3) is 0 Å². The summed E-state index contributed by atoms with van der Waals surface area (Å²) in [6.07, 6.45) is 1.71. The van der Waals surface area contributed by atoms with Crippen molar-refractivity contribution in [3.05, 3.63) is 84.7 Å². The second-order valence-corrected chi connectivity index (χ2v) is 9.65. The molecule has 0 spiro atoms. The number of fused-ring (bicyclic) bond motifs is 6. The number of rotatable bonds is 1. The van der Waals surface area contributed by atoms with Gasteiger partial charge >= 0.3 is 0 Å². The first-order valence-corrected chi connectivity index (χ1v) is 11.1. The van der Waals surface area contributed by atoms with Gasteiger partial charge in [-0.1, -0.05) is 75.4 Å². The van der Waals surface area contributed by atoms with Crippen molar-refractivity contribution in [1.29, 1.82) is 0 Å². The van der Waals surface area contributed by atoms with Crippen LogP contribution in [0.1, 0.15) is 26.3 Å². The fraction of sp³-hybridized carbons (Fsp3) is 0.172. The normalized spacial score (nSPS) is 12.4. The van der Waals surface area contributed by atoms with Crippen LogP contribution in [0.4, 0.5) is 0 Å². The second kappa shape index (κ2) is 6.64. The van der Waals surface area contributed by atoms with Crippen LogP contribution in [0, 0.1) is 0 Å². The molecule has 2 heterocycles. The minimum atomic E-state index is 0.0247. The van der Waals surface area contributed by atoms with E-state index in [1.165, 1.54) is 38.0 Å². The second-order valence-electron chi connectivity index (χ2n) is 9.65. The van der Waals surface area contributed by atoms with Crippen LogP contribution in [0.5, 0.6) is 0 Å². The first-order chi connectivity index (χ1) is 15.4. The first-order valence-electron chi connectivity index (χ1n) is 11.1. The number of benzene rings is 4. The van der Waals surface area contributed by atoms with Crippen molar-refractivity contribution >= 4 is 43.5 Å². The predicted molar refractivity (Wildman–Crippen MR) is 135 cm³/mol. The van der Waals surface area contributed by atoms with Crippen LogP contribution in [0.15, 0.2) is 79.1 Å². The highest BCUT2D eigenvalue weighted by molar-refractivity contribution is 6.21. The molecule has 0 saturated heterocycles. The van der Waals surface area contributed by atoms with Crippen LogP contribution in [0.3, 0.4) is 0 Å². The van der Waals surface area contributed by atoms with Gasteiger partial charge in [0, 0.05) is 18.0 Å². The minimum absolute atomic E-state index is 0.0247. The van der Waals surface area contributed by atoms with Crippen molar-refractivity contribution in [2.75, 3.05) is 0 Å². The Hall–Kier alpha value is -3.72. The van der Waals surface area contributed by atoms with Crippen LogP contribution in [0.2, 0.25) is 0 Å². The van der Waals surface area contributed by atoms with E-state index >= 15 is 0 Å². The Balaban J connectivity index is 1.75. The minimum Gasteiger partial charge on any atom is -0.340 e. The lowest BCUT2D eigenvalue weighted by molar-refractivity contribution is 0.596. The Morgan fingerprint density at radius 3 is 2.25 bits per heavy atom. The monoisotopic (exact) mass is 415 g/mol. The third-order valence-electron chi connectivity index (χ3n) is 6.61. The molecular weight excluding hydrogens is 390 g/mol. The quantitative estimate of drug-likeness (QED) is 0.280. The molecule has 0 aliphatic heterocycles. The molecule has 0 atom stereocenters. The van der Waals surface area contributed by atoms with Gasteiger partial charge in [0.2, 0.25) is 0 Å². The van der Waals surface area contributed by atoms with Crippen molar-refractivity contribution in [1.82, 2.24) is 14.5 Å². The van der Waals surface area contributed by atoms with Gasteiger partial charge in [-0.25, -0.2) is 9.97 Å². The van der Waals surface area contributed by atoms with E-state index in [4.69, 9.17) is 9.97 Å².